The third kappa shape index (κ3) is 3.11. The molecule has 2 rings (SSSR count). The predicted molar refractivity (Wildman–Crippen MR) is 79.3 cm³/mol. The first-order chi connectivity index (χ1) is 9.59. The van der Waals surface area contributed by atoms with Gasteiger partial charge in [0.25, 0.3) is 10.0 Å². The van der Waals surface area contributed by atoms with E-state index in [1.807, 2.05) is 6.92 Å². The van der Waals surface area contributed by atoms with Crippen molar-refractivity contribution in [2.75, 3.05) is 44.6 Å². The average molecular weight is 298 g/mol. The highest BCUT2D eigenvalue weighted by atomic mass is 32.2. The van der Waals surface area contributed by atoms with Crippen LogP contribution >= 0.6 is 0 Å². The Labute approximate surface area is 120 Å². The maximum atomic E-state index is 12.7. The quantitative estimate of drug-likeness (QED) is 0.872. The van der Waals surface area contributed by atoms with E-state index in [1.54, 1.807) is 12.1 Å². The first-order valence-electron chi connectivity index (χ1n) is 7.01. The Morgan fingerprint density at radius 2 is 1.95 bits per heavy atom. The monoisotopic (exact) mass is 298 g/mol. The molecule has 1 aromatic rings. The predicted octanol–water partition coefficient (Wildman–Crippen LogP) is 0.840. The van der Waals surface area contributed by atoms with E-state index in [0.29, 0.717) is 25.3 Å². The average Bonchev–Trinajstić information content (AvgIpc) is 2.48. The lowest BCUT2D eigenvalue weighted by molar-refractivity contribution is 0.196. The SMILES string of the molecule is CCNc1cccnc1S(=O)(=O)N1CCN(CC)CC1. The molecule has 0 unspecified atom stereocenters. The summed E-state index contributed by atoms with van der Waals surface area (Å²) in [4.78, 5) is 6.32. The van der Waals surface area contributed by atoms with Crippen LogP contribution < -0.4 is 5.32 Å². The summed E-state index contributed by atoms with van der Waals surface area (Å²) in [6.45, 7) is 8.25. The van der Waals surface area contributed by atoms with Crippen molar-refractivity contribution >= 4 is 15.7 Å². The highest BCUT2D eigenvalue weighted by Crippen LogP contribution is 2.22. The standard InChI is InChI=1S/C13H22N4O2S/c1-3-14-12-6-5-7-15-13(12)20(18,19)17-10-8-16(4-2)9-11-17/h5-7,14H,3-4,8-11H2,1-2H3. The largest absolute Gasteiger partial charge is 0.383 e. The van der Waals surface area contributed by atoms with Crippen molar-refractivity contribution in [3.8, 4) is 0 Å². The number of sulfonamides is 1. The van der Waals surface area contributed by atoms with Gasteiger partial charge in [0, 0.05) is 38.9 Å². The van der Waals surface area contributed by atoms with E-state index in [0.717, 1.165) is 19.6 Å². The Morgan fingerprint density at radius 3 is 2.55 bits per heavy atom. The van der Waals surface area contributed by atoms with Crippen LogP contribution in [0.4, 0.5) is 5.69 Å². The van der Waals surface area contributed by atoms with Crippen LogP contribution in [0.25, 0.3) is 0 Å². The van der Waals surface area contributed by atoms with Gasteiger partial charge in [-0.15, -0.1) is 0 Å². The molecule has 1 fully saturated rings. The van der Waals surface area contributed by atoms with Crippen molar-refractivity contribution in [1.82, 2.24) is 14.2 Å². The lowest BCUT2D eigenvalue weighted by atomic mass is 10.4. The van der Waals surface area contributed by atoms with E-state index in [4.69, 9.17) is 0 Å². The number of hydrogen-bond donors (Lipinski definition) is 1. The molecular weight excluding hydrogens is 276 g/mol. The van der Waals surface area contributed by atoms with E-state index in [9.17, 15) is 8.42 Å². The van der Waals surface area contributed by atoms with Crippen molar-refractivity contribution in [3.05, 3.63) is 18.3 Å². The zero-order chi connectivity index (χ0) is 14.6. The molecular formula is C13H22N4O2S. The number of aromatic nitrogens is 1. The van der Waals surface area contributed by atoms with Crippen LogP contribution in [0.2, 0.25) is 0 Å². The summed E-state index contributed by atoms with van der Waals surface area (Å²) in [5.41, 5.74) is 0.577. The second-order valence-corrected chi connectivity index (χ2v) is 6.58. The van der Waals surface area contributed by atoms with Gasteiger partial charge in [0.1, 0.15) is 0 Å². The Morgan fingerprint density at radius 1 is 1.25 bits per heavy atom. The Kier molecular flexibility index (Phi) is 4.95. The number of piperazine rings is 1. The van der Waals surface area contributed by atoms with Gasteiger partial charge in [-0.3, -0.25) is 0 Å². The number of nitrogens with zero attached hydrogens (tertiary/aromatic N) is 3. The Balaban J connectivity index is 2.23. The molecule has 2 heterocycles. The molecule has 1 aliphatic heterocycles. The fourth-order valence-corrected chi connectivity index (χ4v) is 3.83. The molecule has 1 aromatic heterocycles. The van der Waals surface area contributed by atoms with Crippen molar-refractivity contribution in [2.45, 2.75) is 18.9 Å². The molecule has 0 saturated carbocycles. The maximum Gasteiger partial charge on any atom is 0.262 e. The number of pyridine rings is 1. The number of anilines is 1. The molecule has 0 radical (unpaired) electrons. The van der Waals surface area contributed by atoms with E-state index in [1.165, 1.54) is 10.5 Å². The minimum absolute atomic E-state index is 0.131. The topological polar surface area (TPSA) is 65.5 Å². The molecule has 0 atom stereocenters. The van der Waals surface area contributed by atoms with Crippen molar-refractivity contribution in [2.24, 2.45) is 0 Å². The fourth-order valence-electron chi connectivity index (χ4n) is 2.33. The second-order valence-electron chi connectivity index (χ2n) is 4.72. The summed E-state index contributed by atoms with van der Waals surface area (Å²) >= 11 is 0. The fraction of sp³-hybridized carbons (Fsp3) is 0.615. The molecule has 0 aliphatic carbocycles. The Bertz CT molecular complexity index is 539. The van der Waals surface area contributed by atoms with Gasteiger partial charge in [0.15, 0.2) is 5.03 Å². The lowest BCUT2D eigenvalue weighted by Gasteiger charge is -2.33. The lowest BCUT2D eigenvalue weighted by Crippen LogP contribution is -2.48. The van der Waals surface area contributed by atoms with E-state index < -0.39 is 10.0 Å². The number of hydrogen-bond acceptors (Lipinski definition) is 5. The maximum absolute atomic E-state index is 12.7. The molecule has 20 heavy (non-hydrogen) atoms. The summed E-state index contributed by atoms with van der Waals surface area (Å²) in [5.74, 6) is 0. The zero-order valence-electron chi connectivity index (χ0n) is 12.0. The van der Waals surface area contributed by atoms with Gasteiger partial charge in [0.2, 0.25) is 0 Å². The van der Waals surface area contributed by atoms with Gasteiger partial charge in [-0.05, 0) is 25.6 Å². The van der Waals surface area contributed by atoms with Crippen LogP contribution in [-0.4, -0.2) is 61.9 Å². The van der Waals surface area contributed by atoms with Crippen LogP contribution in [-0.2, 0) is 10.0 Å². The van der Waals surface area contributed by atoms with Crippen LogP contribution in [0.3, 0.4) is 0 Å². The molecule has 0 aromatic carbocycles. The number of likely N-dealkylation sites (N-methyl/N-ethyl adjacent to an activating group) is 1. The number of nitrogens with one attached hydrogen (secondary N) is 1. The van der Waals surface area contributed by atoms with Crippen molar-refractivity contribution < 1.29 is 8.42 Å². The van der Waals surface area contributed by atoms with Gasteiger partial charge in [-0.2, -0.15) is 4.31 Å². The molecule has 1 N–H and O–H groups in total. The van der Waals surface area contributed by atoms with E-state index >= 15 is 0 Å². The molecule has 0 spiro atoms. The van der Waals surface area contributed by atoms with E-state index in [-0.39, 0.29) is 5.03 Å². The summed E-state index contributed by atoms with van der Waals surface area (Å²) < 4.78 is 26.9. The highest BCUT2D eigenvalue weighted by Gasteiger charge is 2.30. The highest BCUT2D eigenvalue weighted by molar-refractivity contribution is 7.89. The molecule has 112 valence electrons. The van der Waals surface area contributed by atoms with Gasteiger partial charge >= 0.3 is 0 Å². The Hall–Kier alpha value is -1.18. The molecule has 1 aliphatic rings. The summed E-state index contributed by atoms with van der Waals surface area (Å²) in [6, 6.07) is 3.50. The summed E-state index contributed by atoms with van der Waals surface area (Å²) in [6.07, 6.45) is 1.52. The normalized spacial score (nSPS) is 18.1. The summed E-state index contributed by atoms with van der Waals surface area (Å²) in [7, 11) is -3.51. The molecule has 7 heteroatoms. The van der Waals surface area contributed by atoms with Gasteiger partial charge in [-0.25, -0.2) is 13.4 Å². The summed E-state index contributed by atoms with van der Waals surface area (Å²) in [5, 5.41) is 3.19. The third-order valence-electron chi connectivity index (χ3n) is 3.50. The minimum atomic E-state index is -3.51. The van der Waals surface area contributed by atoms with Crippen LogP contribution in [0.1, 0.15) is 13.8 Å². The second kappa shape index (κ2) is 6.51. The van der Waals surface area contributed by atoms with Gasteiger partial charge in [-0.1, -0.05) is 6.92 Å². The minimum Gasteiger partial charge on any atom is -0.383 e. The van der Waals surface area contributed by atoms with Gasteiger partial charge in [0.05, 0.1) is 5.69 Å². The molecule has 6 nitrogen and oxygen atoms in total. The third-order valence-corrected chi connectivity index (χ3v) is 5.36. The first-order valence-corrected chi connectivity index (χ1v) is 8.45. The van der Waals surface area contributed by atoms with Crippen LogP contribution in [0.15, 0.2) is 23.4 Å². The van der Waals surface area contributed by atoms with Crippen LogP contribution in [0, 0.1) is 0 Å². The number of rotatable bonds is 5. The molecule has 1 saturated heterocycles. The van der Waals surface area contributed by atoms with Gasteiger partial charge < -0.3 is 10.2 Å². The van der Waals surface area contributed by atoms with Crippen molar-refractivity contribution in [3.63, 3.8) is 0 Å². The molecule has 0 bridgehead atoms. The smallest absolute Gasteiger partial charge is 0.262 e. The van der Waals surface area contributed by atoms with Crippen LogP contribution in [0.5, 0.6) is 0 Å². The van der Waals surface area contributed by atoms with E-state index in [2.05, 4.69) is 22.1 Å². The first kappa shape index (κ1) is 15.2. The molecule has 0 amide bonds. The van der Waals surface area contributed by atoms with Crippen molar-refractivity contribution in [1.29, 1.82) is 0 Å². The zero-order valence-corrected chi connectivity index (χ0v) is 12.9.